The van der Waals surface area contributed by atoms with E-state index in [4.69, 9.17) is 0 Å². The maximum atomic E-state index is 13.0. The topological polar surface area (TPSA) is 60.2 Å². The zero-order valence-electron chi connectivity index (χ0n) is 15.4. The average molecular weight is 394 g/mol. The molecule has 1 atom stereocenters. The van der Waals surface area contributed by atoms with Gasteiger partial charge in [-0.25, -0.2) is 0 Å². The molecule has 0 bridgehead atoms. The number of alkyl halides is 3. The maximum absolute atomic E-state index is 13.0. The minimum absolute atomic E-state index is 0.0228. The normalized spacial score (nSPS) is 21.0. The molecule has 6 nitrogen and oxygen atoms in total. The predicted molar refractivity (Wildman–Crippen MR) is 93.7 cm³/mol. The molecule has 1 aromatic heterocycles. The molecule has 1 aliphatic heterocycles. The minimum Gasteiger partial charge on any atom is -0.406 e. The Kier molecular flexibility index (Phi) is 4.55. The molecule has 9 heteroatoms. The van der Waals surface area contributed by atoms with E-state index in [-0.39, 0.29) is 23.0 Å². The van der Waals surface area contributed by atoms with Gasteiger partial charge in [0.15, 0.2) is 0 Å². The molecule has 1 aromatic carbocycles. The number of amides is 1. The van der Waals surface area contributed by atoms with Crippen LogP contribution >= 0.6 is 0 Å². The monoisotopic (exact) mass is 394 g/mol. The van der Waals surface area contributed by atoms with E-state index >= 15 is 0 Å². The third-order valence-corrected chi connectivity index (χ3v) is 5.92. The fourth-order valence-electron chi connectivity index (χ4n) is 4.38. The summed E-state index contributed by atoms with van der Waals surface area (Å²) < 4.78 is 42.8. The van der Waals surface area contributed by atoms with E-state index in [2.05, 4.69) is 14.9 Å². The summed E-state index contributed by atoms with van der Waals surface area (Å²) in [7, 11) is 0. The number of aryl methyl sites for hydroxylation is 1. The summed E-state index contributed by atoms with van der Waals surface area (Å²) in [4.78, 5) is 14.8. The van der Waals surface area contributed by atoms with Crippen LogP contribution in [0.25, 0.3) is 0 Å². The van der Waals surface area contributed by atoms with Gasteiger partial charge in [0.1, 0.15) is 17.9 Å². The summed E-state index contributed by atoms with van der Waals surface area (Å²) in [5, 5.41) is 8.34. The highest BCUT2D eigenvalue weighted by Crippen LogP contribution is 2.55. The van der Waals surface area contributed by atoms with Crippen LogP contribution in [0.1, 0.15) is 48.3 Å². The Morgan fingerprint density at radius 3 is 2.57 bits per heavy atom. The highest BCUT2D eigenvalue weighted by Gasteiger charge is 2.53. The number of hydrogen-bond donors (Lipinski definition) is 0. The van der Waals surface area contributed by atoms with Gasteiger partial charge in [-0.3, -0.25) is 4.79 Å². The van der Waals surface area contributed by atoms with Crippen molar-refractivity contribution in [3.05, 3.63) is 42.0 Å². The fourth-order valence-corrected chi connectivity index (χ4v) is 4.38. The van der Waals surface area contributed by atoms with E-state index in [1.165, 1.54) is 24.3 Å². The second-order valence-corrected chi connectivity index (χ2v) is 7.50. The standard InChI is InChI=1S/C19H21F3N4O2/c1-2-25-12-23-24-16(25)15-10-26(11-18(15)8-3-9-18)17(27)13-4-6-14(7-5-13)28-19(20,21)22/h4-7,12,15H,2-3,8-11H2,1H3. The van der Waals surface area contributed by atoms with Gasteiger partial charge < -0.3 is 14.2 Å². The van der Waals surface area contributed by atoms with Crippen LogP contribution < -0.4 is 4.74 Å². The Morgan fingerprint density at radius 2 is 2.00 bits per heavy atom. The van der Waals surface area contributed by atoms with Crippen molar-refractivity contribution in [2.75, 3.05) is 13.1 Å². The van der Waals surface area contributed by atoms with E-state index in [0.29, 0.717) is 18.7 Å². The van der Waals surface area contributed by atoms with Crippen molar-refractivity contribution in [3.8, 4) is 5.75 Å². The second kappa shape index (κ2) is 6.79. The van der Waals surface area contributed by atoms with Crippen molar-refractivity contribution in [3.63, 3.8) is 0 Å². The molecule has 2 fully saturated rings. The fraction of sp³-hybridized carbons (Fsp3) is 0.526. The Labute approximate surface area is 160 Å². The SMILES string of the molecule is CCn1cnnc1C1CN(C(=O)c2ccc(OC(F)(F)F)cc2)CC12CCC2. The van der Waals surface area contributed by atoms with Gasteiger partial charge in [0.05, 0.1) is 0 Å². The van der Waals surface area contributed by atoms with Crippen LogP contribution in [-0.4, -0.2) is 45.0 Å². The third kappa shape index (κ3) is 3.33. The van der Waals surface area contributed by atoms with Crippen molar-refractivity contribution in [2.45, 2.75) is 45.0 Å². The smallest absolute Gasteiger partial charge is 0.406 e. The summed E-state index contributed by atoms with van der Waals surface area (Å²) in [5.41, 5.74) is 0.371. The van der Waals surface area contributed by atoms with Crippen molar-refractivity contribution in [2.24, 2.45) is 5.41 Å². The first-order valence-electron chi connectivity index (χ1n) is 9.34. The lowest BCUT2D eigenvalue weighted by Crippen LogP contribution is -2.38. The van der Waals surface area contributed by atoms with E-state index in [1.807, 2.05) is 11.5 Å². The van der Waals surface area contributed by atoms with Gasteiger partial charge in [-0.05, 0) is 49.4 Å². The number of nitrogens with zero attached hydrogens (tertiary/aromatic N) is 4. The molecule has 1 aliphatic carbocycles. The van der Waals surface area contributed by atoms with Gasteiger partial charge >= 0.3 is 6.36 Å². The van der Waals surface area contributed by atoms with Crippen LogP contribution in [0.4, 0.5) is 13.2 Å². The van der Waals surface area contributed by atoms with Crippen molar-refractivity contribution >= 4 is 5.91 Å². The molecular weight excluding hydrogens is 373 g/mol. The lowest BCUT2D eigenvalue weighted by Gasteiger charge is -2.42. The molecule has 1 saturated heterocycles. The predicted octanol–water partition coefficient (Wildman–Crippen LogP) is 3.61. The molecule has 4 rings (SSSR count). The number of carbonyl (C=O) groups excluding carboxylic acids is 1. The summed E-state index contributed by atoms with van der Waals surface area (Å²) >= 11 is 0. The molecule has 1 saturated carbocycles. The lowest BCUT2D eigenvalue weighted by atomic mass is 9.62. The number of aromatic nitrogens is 3. The van der Waals surface area contributed by atoms with Gasteiger partial charge in [-0.15, -0.1) is 23.4 Å². The number of likely N-dealkylation sites (tertiary alicyclic amines) is 1. The molecule has 1 amide bonds. The van der Waals surface area contributed by atoms with Gasteiger partial charge in [-0.2, -0.15) is 0 Å². The van der Waals surface area contributed by atoms with Crippen LogP contribution in [0, 0.1) is 5.41 Å². The largest absolute Gasteiger partial charge is 0.573 e. The Morgan fingerprint density at radius 1 is 1.29 bits per heavy atom. The number of hydrogen-bond acceptors (Lipinski definition) is 4. The van der Waals surface area contributed by atoms with E-state index in [9.17, 15) is 18.0 Å². The second-order valence-electron chi connectivity index (χ2n) is 7.50. The van der Waals surface area contributed by atoms with Crippen LogP contribution in [0.2, 0.25) is 0 Å². The number of benzene rings is 1. The van der Waals surface area contributed by atoms with Crippen LogP contribution in [0.15, 0.2) is 30.6 Å². The number of rotatable bonds is 4. The van der Waals surface area contributed by atoms with Gasteiger partial charge in [-0.1, -0.05) is 6.42 Å². The van der Waals surface area contributed by atoms with Crippen LogP contribution in [-0.2, 0) is 6.54 Å². The molecule has 1 unspecified atom stereocenters. The summed E-state index contributed by atoms with van der Waals surface area (Å²) in [6.07, 6.45) is 0.167. The van der Waals surface area contributed by atoms with Gasteiger partial charge in [0.2, 0.25) is 0 Å². The zero-order valence-corrected chi connectivity index (χ0v) is 15.4. The summed E-state index contributed by atoms with van der Waals surface area (Å²) in [5.74, 6) is 0.511. The first kappa shape index (κ1) is 18.8. The Bertz CT molecular complexity index is 859. The van der Waals surface area contributed by atoms with E-state index < -0.39 is 6.36 Å². The molecule has 28 heavy (non-hydrogen) atoms. The van der Waals surface area contributed by atoms with Crippen molar-refractivity contribution in [1.82, 2.24) is 19.7 Å². The molecule has 0 N–H and O–H groups in total. The Balaban J connectivity index is 1.53. The quantitative estimate of drug-likeness (QED) is 0.795. The van der Waals surface area contributed by atoms with Gasteiger partial charge in [0, 0.05) is 31.1 Å². The third-order valence-electron chi connectivity index (χ3n) is 5.92. The van der Waals surface area contributed by atoms with Crippen molar-refractivity contribution < 1.29 is 22.7 Å². The van der Waals surface area contributed by atoms with E-state index in [0.717, 1.165) is 31.6 Å². The average Bonchev–Trinajstić information content (AvgIpc) is 3.24. The maximum Gasteiger partial charge on any atom is 0.573 e. The highest BCUT2D eigenvalue weighted by molar-refractivity contribution is 5.94. The minimum atomic E-state index is -4.75. The molecule has 2 aliphatic rings. The summed E-state index contributed by atoms with van der Waals surface area (Å²) in [6.45, 7) is 3.97. The first-order valence-corrected chi connectivity index (χ1v) is 9.34. The van der Waals surface area contributed by atoms with Crippen LogP contribution in [0.5, 0.6) is 5.75 Å². The Hall–Kier alpha value is -2.58. The molecule has 150 valence electrons. The summed E-state index contributed by atoms with van der Waals surface area (Å²) in [6, 6.07) is 5.08. The van der Waals surface area contributed by atoms with Gasteiger partial charge in [0.25, 0.3) is 5.91 Å². The molecule has 1 spiro atoms. The molecule has 2 aromatic rings. The zero-order chi connectivity index (χ0) is 19.9. The molecule has 0 radical (unpaired) electrons. The number of ether oxygens (including phenoxy) is 1. The molecular formula is C19H21F3N4O2. The lowest BCUT2D eigenvalue weighted by molar-refractivity contribution is -0.274. The van der Waals surface area contributed by atoms with Crippen molar-refractivity contribution in [1.29, 1.82) is 0 Å². The highest BCUT2D eigenvalue weighted by atomic mass is 19.4. The number of carbonyl (C=O) groups is 1. The molecule has 2 heterocycles. The first-order chi connectivity index (χ1) is 13.3. The van der Waals surface area contributed by atoms with Crippen LogP contribution in [0.3, 0.4) is 0 Å². The van der Waals surface area contributed by atoms with E-state index in [1.54, 1.807) is 11.2 Å². The number of halogens is 3.